The van der Waals surface area contributed by atoms with E-state index in [0.29, 0.717) is 23.6 Å². The minimum atomic E-state index is -0.944. The Bertz CT molecular complexity index is 542. The third-order valence-corrected chi connectivity index (χ3v) is 4.26. The van der Waals surface area contributed by atoms with Crippen molar-refractivity contribution in [2.24, 2.45) is 16.3 Å². The topological polar surface area (TPSA) is 87.7 Å². The van der Waals surface area contributed by atoms with E-state index in [-0.39, 0.29) is 16.8 Å². The highest BCUT2D eigenvalue weighted by Gasteiger charge is 2.48. The summed E-state index contributed by atoms with van der Waals surface area (Å²) in [6, 6.07) is 4.95. The number of hydrogen-bond acceptors (Lipinski definition) is 3. The van der Waals surface area contributed by atoms with Gasteiger partial charge in [-0.2, -0.15) is 0 Å². The number of oxime groups is 1. The molecule has 1 aliphatic rings. The van der Waals surface area contributed by atoms with Crippen molar-refractivity contribution in [3.05, 3.63) is 28.2 Å². The number of carbonyl (C=O) groups is 1. The second kappa shape index (κ2) is 5.27. The molecule has 1 saturated carbocycles. The van der Waals surface area contributed by atoms with E-state index in [1.54, 1.807) is 18.2 Å². The first-order chi connectivity index (χ1) is 9.01. The third kappa shape index (κ3) is 2.35. The minimum absolute atomic E-state index is 0.0746. The molecule has 0 unspecified atom stereocenters. The molecule has 1 aromatic carbocycles. The minimum Gasteiger partial charge on any atom is -0.409 e. The number of halogens is 2. The molecule has 0 heterocycles. The van der Waals surface area contributed by atoms with Gasteiger partial charge in [-0.1, -0.05) is 40.8 Å². The SMILES string of the molecule is N/C(=N/O)C1(C(=O)Nc2cccc(Cl)c2Cl)CCC1. The lowest BCUT2D eigenvalue weighted by Gasteiger charge is -2.38. The van der Waals surface area contributed by atoms with Gasteiger partial charge in [-0.3, -0.25) is 4.79 Å². The molecule has 0 radical (unpaired) electrons. The molecule has 19 heavy (non-hydrogen) atoms. The molecule has 0 saturated heterocycles. The Labute approximate surface area is 120 Å². The normalized spacial score (nSPS) is 17.7. The molecule has 7 heteroatoms. The van der Waals surface area contributed by atoms with Gasteiger partial charge < -0.3 is 16.3 Å². The molecule has 0 spiro atoms. The Kier molecular flexibility index (Phi) is 3.87. The first-order valence-corrected chi connectivity index (χ1v) is 6.50. The summed E-state index contributed by atoms with van der Waals surface area (Å²) in [5, 5.41) is 15.0. The predicted octanol–water partition coefficient (Wildman–Crippen LogP) is 2.85. The van der Waals surface area contributed by atoms with E-state index in [1.165, 1.54) is 0 Å². The standard InChI is InChI=1S/C12H13Cl2N3O2/c13-7-3-1-4-8(9(7)14)16-11(18)12(5-2-6-12)10(15)17-19/h1,3-4,19H,2,5-6H2,(H2,15,17)(H,16,18). The van der Waals surface area contributed by atoms with E-state index >= 15 is 0 Å². The maximum Gasteiger partial charge on any atom is 0.238 e. The fourth-order valence-electron chi connectivity index (χ4n) is 2.07. The summed E-state index contributed by atoms with van der Waals surface area (Å²) in [4.78, 5) is 12.3. The van der Waals surface area contributed by atoms with Crippen molar-refractivity contribution in [2.75, 3.05) is 5.32 Å². The summed E-state index contributed by atoms with van der Waals surface area (Å²) in [6.07, 6.45) is 1.95. The van der Waals surface area contributed by atoms with Crippen LogP contribution < -0.4 is 11.1 Å². The zero-order chi connectivity index (χ0) is 14.0. The summed E-state index contributed by atoms with van der Waals surface area (Å²) in [5.41, 5.74) is 5.08. The number of carbonyl (C=O) groups excluding carboxylic acids is 1. The number of nitrogens with zero attached hydrogens (tertiary/aromatic N) is 1. The van der Waals surface area contributed by atoms with Crippen LogP contribution in [-0.4, -0.2) is 17.0 Å². The number of amidine groups is 1. The molecular formula is C12H13Cl2N3O2. The molecule has 1 aromatic rings. The maximum absolute atomic E-state index is 12.3. The zero-order valence-electron chi connectivity index (χ0n) is 9.99. The lowest BCUT2D eigenvalue weighted by Crippen LogP contribution is -2.51. The molecule has 0 atom stereocenters. The van der Waals surface area contributed by atoms with Crippen molar-refractivity contribution < 1.29 is 10.0 Å². The monoisotopic (exact) mass is 301 g/mol. The average Bonchev–Trinajstić information content (AvgIpc) is 2.33. The average molecular weight is 302 g/mol. The Morgan fingerprint density at radius 2 is 2.11 bits per heavy atom. The van der Waals surface area contributed by atoms with Gasteiger partial charge in [0.2, 0.25) is 5.91 Å². The first kappa shape index (κ1) is 14.0. The van der Waals surface area contributed by atoms with E-state index < -0.39 is 5.41 Å². The van der Waals surface area contributed by atoms with Gasteiger partial charge in [-0.15, -0.1) is 0 Å². The van der Waals surface area contributed by atoms with Crippen LogP contribution in [0.25, 0.3) is 0 Å². The van der Waals surface area contributed by atoms with Crippen LogP contribution in [0, 0.1) is 5.41 Å². The molecular weight excluding hydrogens is 289 g/mol. The first-order valence-electron chi connectivity index (χ1n) is 5.75. The molecule has 2 rings (SSSR count). The van der Waals surface area contributed by atoms with E-state index in [1.807, 2.05) is 0 Å². The van der Waals surface area contributed by atoms with Crippen molar-refractivity contribution >= 4 is 40.6 Å². The van der Waals surface area contributed by atoms with Gasteiger partial charge in [0.15, 0.2) is 5.84 Å². The van der Waals surface area contributed by atoms with E-state index in [2.05, 4.69) is 10.5 Å². The molecule has 5 nitrogen and oxygen atoms in total. The number of amides is 1. The highest BCUT2D eigenvalue weighted by Crippen LogP contribution is 2.42. The van der Waals surface area contributed by atoms with Crippen molar-refractivity contribution in [3.8, 4) is 0 Å². The Morgan fingerprint density at radius 3 is 2.63 bits per heavy atom. The third-order valence-electron chi connectivity index (χ3n) is 3.44. The lowest BCUT2D eigenvalue weighted by atomic mass is 9.67. The molecule has 0 bridgehead atoms. The number of nitrogens with two attached hydrogens (primary N) is 1. The molecule has 1 aliphatic carbocycles. The van der Waals surface area contributed by atoms with Gasteiger partial charge >= 0.3 is 0 Å². The highest BCUT2D eigenvalue weighted by atomic mass is 35.5. The van der Waals surface area contributed by atoms with E-state index in [0.717, 1.165) is 6.42 Å². The Morgan fingerprint density at radius 1 is 1.42 bits per heavy atom. The van der Waals surface area contributed by atoms with Gasteiger partial charge in [0, 0.05) is 0 Å². The van der Waals surface area contributed by atoms with Gasteiger partial charge in [0.25, 0.3) is 0 Å². The van der Waals surface area contributed by atoms with Crippen LogP contribution in [0.4, 0.5) is 5.69 Å². The molecule has 0 aliphatic heterocycles. The second-order valence-electron chi connectivity index (χ2n) is 4.48. The van der Waals surface area contributed by atoms with Gasteiger partial charge in [0.1, 0.15) is 5.41 Å². The summed E-state index contributed by atoms with van der Waals surface area (Å²) < 4.78 is 0. The van der Waals surface area contributed by atoms with Crippen LogP contribution in [0.15, 0.2) is 23.4 Å². The van der Waals surface area contributed by atoms with E-state index in [9.17, 15) is 4.79 Å². The second-order valence-corrected chi connectivity index (χ2v) is 5.26. The summed E-state index contributed by atoms with van der Waals surface area (Å²) >= 11 is 11.9. The van der Waals surface area contributed by atoms with Crippen LogP contribution in [0.5, 0.6) is 0 Å². The molecule has 102 valence electrons. The summed E-state index contributed by atoms with van der Waals surface area (Å²) in [5.74, 6) is -0.410. The molecule has 0 aromatic heterocycles. The van der Waals surface area contributed by atoms with Gasteiger partial charge in [-0.25, -0.2) is 0 Å². The summed E-state index contributed by atoms with van der Waals surface area (Å²) in [6.45, 7) is 0. The smallest absolute Gasteiger partial charge is 0.238 e. The molecule has 1 fully saturated rings. The summed E-state index contributed by atoms with van der Waals surface area (Å²) in [7, 11) is 0. The lowest BCUT2D eigenvalue weighted by molar-refractivity contribution is -0.125. The number of anilines is 1. The highest BCUT2D eigenvalue weighted by molar-refractivity contribution is 6.44. The largest absolute Gasteiger partial charge is 0.409 e. The predicted molar refractivity (Wildman–Crippen MR) is 74.8 cm³/mol. The molecule has 1 amide bonds. The maximum atomic E-state index is 12.3. The number of nitrogens with one attached hydrogen (secondary N) is 1. The van der Waals surface area contributed by atoms with Crippen molar-refractivity contribution in [3.63, 3.8) is 0 Å². The number of benzene rings is 1. The van der Waals surface area contributed by atoms with Crippen LogP contribution in [0.3, 0.4) is 0 Å². The Hall–Kier alpha value is -1.46. The van der Waals surface area contributed by atoms with Crippen LogP contribution in [0.1, 0.15) is 19.3 Å². The fraction of sp³-hybridized carbons (Fsp3) is 0.333. The zero-order valence-corrected chi connectivity index (χ0v) is 11.5. The number of rotatable bonds is 3. The molecule has 4 N–H and O–H groups in total. The van der Waals surface area contributed by atoms with Gasteiger partial charge in [0.05, 0.1) is 15.7 Å². The van der Waals surface area contributed by atoms with E-state index in [4.69, 9.17) is 34.1 Å². The van der Waals surface area contributed by atoms with Crippen LogP contribution >= 0.6 is 23.2 Å². The van der Waals surface area contributed by atoms with Gasteiger partial charge in [-0.05, 0) is 25.0 Å². The van der Waals surface area contributed by atoms with Crippen LogP contribution in [-0.2, 0) is 4.79 Å². The quantitative estimate of drug-likeness (QED) is 0.347. The Balaban J connectivity index is 2.24. The van der Waals surface area contributed by atoms with Crippen LogP contribution in [0.2, 0.25) is 10.0 Å². The van der Waals surface area contributed by atoms with Crippen molar-refractivity contribution in [2.45, 2.75) is 19.3 Å². The van der Waals surface area contributed by atoms with Crippen molar-refractivity contribution in [1.82, 2.24) is 0 Å². The fourth-order valence-corrected chi connectivity index (χ4v) is 2.42. The van der Waals surface area contributed by atoms with Crippen molar-refractivity contribution in [1.29, 1.82) is 0 Å². The number of hydrogen-bond donors (Lipinski definition) is 3.